The van der Waals surface area contributed by atoms with Gasteiger partial charge in [0.1, 0.15) is 5.82 Å². The molecule has 1 atom stereocenters. The third-order valence-corrected chi connectivity index (χ3v) is 5.01. The highest BCUT2D eigenvalue weighted by atomic mass is 32.2. The van der Waals surface area contributed by atoms with E-state index in [-0.39, 0.29) is 11.9 Å². The molecule has 1 unspecified atom stereocenters. The normalized spacial score (nSPS) is 17.6. The third-order valence-electron chi connectivity index (χ3n) is 3.96. The van der Waals surface area contributed by atoms with Gasteiger partial charge in [-0.15, -0.1) is 0 Å². The Morgan fingerprint density at radius 2 is 1.52 bits per heavy atom. The Morgan fingerprint density at radius 3 is 2.19 bits per heavy atom. The summed E-state index contributed by atoms with van der Waals surface area (Å²) >= 11 is 2.03. The van der Waals surface area contributed by atoms with Crippen molar-refractivity contribution in [2.45, 2.75) is 24.9 Å². The van der Waals surface area contributed by atoms with Crippen LogP contribution < -0.4 is 5.32 Å². The van der Waals surface area contributed by atoms with Crippen LogP contribution >= 0.6 is 11.8 Å². The summed E-state index contributed by atoms with van der Waals surface area (Å²) in [5.74, 6) is 2.27. The largest absolute Gasteiger partial charge is 0.303 e. The van der Waals surface area contributed by atoms with Crippen LogP contribution in [0, 0.1) is 5.82 Å². The van der Waals surface area contributed by atoms with Crippen molar-refractivity contribution in [3.8, 4) is 0 Å². The van der Waals surface area contributed by atoms with Crippen molar-refractivity contribution in [1.82, 2.24) is 5.32 Å². The first-order valence-electron chi connectivity index (χ1n) is 7.47. The molecule has 0 saturated carbocycles. The van der Waals surface area contributed by atoms with Gasteiger partial charge in [-0.3, -0.25) is 0 Å². The van der Waals surface area contributed by atoms with Gasteiger partial charge in [0.15, 0.2) is 0 Å². The summed E-state index contributed by atoms with van der Waals surface area (Å²) in [5.41, 5.74) is 2.36. The lowest BCUT2D eigenvalue weighted by molar-refractivity contribution is 0.445. The van der Waals surface area contributed by atoms with Gasteiger partial charge in [-0.25, -0.2) is 4.39 Å². The fraction of sp³-hybridized carbons (Fsp3) is 0.333. The van der Waals surface area contributed by atoms with Crippen LogP contribution in [0.4, 0.5) is 4.39 Å². The van der Waals surface area contributed by atoms with Crippen molar-refractivity contribution in [3.05, 3.63) is 71.5 Å². The van der Waals surface area contributed by atoms with Gasteiger partial charge >= 0.3 is 0 Å². The number of halogens is 1. The van der Waals surface area contributed by atoms with Crippen LogP contribution in [0.3, 0.4) is 0 Å². The molecule has 0 spiro atoms. The first kappa shape index (κ1) is 14.6. The van der Waals surface area contributed by atoms with Crippen LogP contribution in [-0.2, 0) is 0 Å². The lowest BCUT2D eigenvalue weighted by Gasteiger charge is -2.29. The second-order valence-corrected chi connectivity index (χ2v) is 6.67. The standard InChI is InChI=1S/C18H20FNS/c19-16-8-6-15(7-9-16)18(14-4-2-1-3-5-14)20-17-10-12-21-13-11-17/h1-9,17-18,20H,10-13H2. The van der Waals surface area contributed by atoms with E-state index in [1.54, 1.807) is 12.1 Å². The lowest BCUT2D eigenvalue weighted by atomic mass is 9.97. The molecule has 3 heteroatoms. The van der Waals surface area contributed by atoms with Crippen molar-refractivity contribution >= 4 is 11.8 Å². The maximum Gasteiger partial charge on any atom is 0.123 e. The molecule has 0 aliphatic carbocycles. The van der Waals surface area contributed by atoms with Crippen molar-refractivity contribution in [1.29, 1.82) is 0 Å². The zero-order chi connectivity index (χ0) is 14.5. The first-order chi connectivity index (χ1) is 10.3. The minimum atomic E-state index is -0.181. The van der Waals surface area contributed by atoms with E-state index in [1.165, 1.54) is 29.9 Å². The first-order valence-corrected chi connectivity index (χ1v) is 8.62. The molecule has 1 saturated heterocycles. The fourth-order valence-corrected chi connectivity index (χ4v) is 3.89. The number of hydrogen-bond donors (Lipinski definition) is 1. The van der Waals surface area contributed by atoms with E-state index in [4.69, 9.17) is 0 Å². The highest BCUT2D eigenvalue weighted by Gasteiger charge is 2.20. The van der Waals surface area contributed by atoms with Crippen LogP contribution in [0.1, 0.15) is 30.0 Å². The van der Waals surface area contributed by atoms with Gasteiger partial charge in [-0.1, -0.05) is 42.5 Å². The number of hydrogen-bond acceptors (Lipinski definition) is 2. The van der Waals surface area contributed by atoms with E-state index in [0.717, 1.165) is 5.56 Å². The molecule has 1 nitrogen and oxygen atoms in total. The van der Waals surface area contributed by atoms with E-state index in [2.05, 4.69) is 29.6 Å². The highest BCUT2D eigenvalue weighted by Crippen LogP contribution is 2.26. The van der Waals surface area contributed by atoms with Crippen LogP contribution in [0.25, 0.3) is 0 Å². The molecule has 2 aromatic carbocycles. The van der Waals surface area contributed by atoms with Crippen molar-refractivity contribution in [2.24, 2.45) is 0 Å². The summed E-state index contributed by atoms with van der Waals surface area (Å²) in [7, 11) is 0. The SMILES string of the molecule is Fc1ccc(C(NC2CCSCC2)c2ccccc2)cc1. The summed E-state index contributed by atoms with van der Waals surface area (Å²) in [6.45, 7) is 0. The van der Waals surface area contributed by atoms with Crippen molar-refractivity contribution in [2.75, 3.05) is 11.5 Å². The minimum Gasteiger partial charge on any atom is -0.303 e. The Kier molecular flexibility index (Phi) is 4.94. The predicted octanol–water partition coefficient (Wildman–Crippen LogP) is 4.40. The Labute approximate surface area is 130 Å². The molecular weight excluding hydrogens is 281 g/mol. The Hall–Kier alpha value is -1.32. The van der Waals surface area contributed by atoms with Crippen LogP contribution in [0.5, 0.6) is 0 Å². The Balaban J connectivity index is 1.85. The lowest BCUT2D eigenvalue weighted by Crippen LogP contribution is -2.36. The molecular formula is C18H20FNS. The number of nitrogens with one attached hydrogen (secondary N) is 1. The molecule has 1 aliphatic heterocycles. The van der Waals surface area contributed by atoms with Crippen molar-refractivity contribution < 1.29 is 4.39 Å². The molecule has 0 amide bonds. The molecule has 1 fully saturated rings. The second kappa shape index (κ2) is 7.10. The second-order valence-electron chi connectivity index (χ2n) is 5.45. The summed E-state index contributed by atoms with van der Waals surface area (Å²) in [6.07, 6.45) is 2.41. The molecule has 1 aliphatic rings. The molecule has 110 valence electrons. The molecule has 0 radical (unpaired) electrons. The molecule has 21 heavy (non-hydrogen) atoms. The number of thioether (sulfide) groups is 1. The average molecular weight is 301 g/mol. The topological polar surface area (TPSA) is 12.0 Å². The van der Waals surface area contributed by atoms with Gasteiger partial charge in [-0.2, -0.15) is 11.8 Å². The Bertz CT molecular complexity index is 549. The van der Waals surface area contributed by atoms with E-state index < -0.39 is 0 Å². The van der Waals surface area contributed by atoms with Crippen LogP contribution in [-0.4, -0.2) is 17.5 Å². The smallest absolute Gasteiger partial charge is 0.123 e. The minimum absolute atomic E-state index is 0.139. The van der Waals surface area contributed by atoms with E-state index in [1.807, 2.05) is 30.0 Å². The van der Waals surface area contributed by atoms with E-state index in [0.29, 0.717) is 6.04 Å². The molecule has 3 rings (SSSR count). The maximum absolute atomic E-state index is 13.2. The van der Waals surface area contributed by atoms with Crippen LogP contribution in [0.15, 0.2) is 54.6 Å². The summed E-state index contributed by atoms with van der Waals surface area (Å²) in [6, 6.07) is 18.0. The van der Waals surface area contributed by atoms with Gasteiger partial charge < -0.3 is 5.32 Å². The van der Waals surface area contributed by atoms with Gasteiger partial charge in [0, 0.05) is 6.04 Å². The molecule has 0 aromatic heterocycles. The maximum atomic E-state index is 13.2. The molecule has 1 N–H and O–H groups in total. The monoisotopic (exact) mass is 301 g/mol. The Morgan fingerprint density at radius 1 is 0.905 bits per heavy atom. The van der Waals surface area contributed by atoms with Gasteiger partial charge in [0.05, 0.1) is 6.04 Å². The summed E-state index contributed by atoms with van der Waals surface area (Å²) in [4.78, 5) is 0. The van der Waals surface area contributed by atoms with Gasteiger partial charge in [0.2, 0.25) is 0 Å². The summed E-state index contributed by atoms with van der Waals surface area (Å²) < 4.78 is 13.2. The number of rotatable bonds is 4. The molecule has 1 heterocycles. The van der Waals surface area contributed by atoms with Gasteiger partial charge in [-0.05, 0) is 47.6 Å². The fourth-order valence-electron chi connectivity index (χ4n) is 2.79. The van der Waals surface area contributed by atoms with Crippen molar-refractivity contribution in [3.63, 3.8) is 0 Å². The molecule has 2 aromatic rings. The summed E-state index contributed by atoms with van der Waals surface area (Å²) in [5, 5.41) is 3.77. The average Bonchev–Trinajstić information content (AvgIpc) is 2.55. The third kappa shape index (κ3) is 3.86. The van der Waals surface area contributed by atoms with Crippen LogP contribution in [0.2, 0.25) is 0 Å². The predicted molar refractivity (Wildman–Crippen MR) is 88.2 cm³/mol. The van der Waals surface area contributed by atoms with Gasteiger partial charge in [0.25, 0.3) is 0 Å². The molecule has 0 bridgehead atoms. The number of benzene rings is 2. The van der Waals surface area contributed by atoms with E-state index >= 15 is 0 Å². The van der Waals surface area contributed by atoms with E-state index in [9.17, 15) is 4.39 Å². The zero-order valence-corrected chi connectivity index (χ0v) is 12.8. The quantitative estimate of drug-likeness (QED) is 0.898. The zero-order valence-electron chi connectivity index (χ0n) is 12.0. The highest BCUT2D eigenvalue weighted by molar-refractivity contribution is 7.99.